The molecule has 1 heterocycles. The highest BCUT2D eigenvalue weighted by molar-refractivity contribution is 9.10. The minimum absolute atomic E-state index is 0.0549. The van der Waals surface area contributed by atoms with E-state index in [4.69, 9.17) is 11.6 Å². The van der Waals surface area contributed by atoms with Crippen LogP contribution in [0.1, 0.15) is 5.56 Å². The minimum Gasteiger partial charge on any atom is -0.265 e. The molecule has 1 aromatic heterocycles. The first-order valence-electron chi connectivity index (χ1n) is 7.20. The molecular weight excluding hydrogens is 452 g/mol. The van der Waals surface area contributed by atoms with Gasteiger partial charge >= 0.3 is 0 Å². The third-order valence-electron chi connectivity index (χ3n) is 3.42. The number of sulfonamides is 1. The van der Waals surface area contributed by atoms with E-state index in [1.54, 1.807) is 18.3 Å². The maximum absolute atomic E-state index is 13.8. The van der Waals surface area contributed by atoms with E-state index in [0.717, 1.165) is 17.7 Å². The molecule has 0 radical (unpaired) electrons. The van der Waals surface area contributed by atoms with Crippen LogP contribution in [-0.4, -0.2) is 18.2 Å². The van der Waals surface area contributed by atoms with Crippen LogP contribution < -0.4 is 4.72 Å². The molecule has 0 aliphatic carbocycles. The zero-order valence-electron chi connectivity index (χ0n) is 13.0. The molecule has 5 nitrogen and oxygen atoms in total. The van der Waals surface area contributed by atoms with Gasteiger partial charge in [-0.3, -0.25) is 9.40 Å². The van der Waals surface area contributed by atoms with Gasteiger partial charge in [0, 0.05) is 11.2 Å². The number of hydrogen-bond acceptors (Lipinski definition) is 3. The van der Waals surface area contributed by atoms with Crippen molar-refractivity contribution >= 4 is 43.4 Å². The lowest BCUT2D eigenvalue weighted by Crippen LogP contribution is -2.16. The monoisotopic (exact) mass is 461 g/mol. The Morgan fingerprint density at radius 3 is 2.65 bits per heavy atom. The van der Waals surface area contributed by atoms with Crippen LogP contribution in [0.4, 0.5) is 14.6 Å². The van der Waals surface area contributed by atoms with Gasteiger partial charge in [0.05, 0.1) is 11.0 Å². The van der Waals surface area contributed by atoms with E-state index in [0.29, 0.717) is 22.1 Å². The molecule has 0 fully saturated rings. The standard InChI is InChI=1S/C16H11BrClF2N3O2S/c17-12-9-23(8-10-3-1-2-4-13(10)18)21-16(12)22-26(24,25)15-7-11(19)5-6-14(15)20/h1-7,9H,8H2,(H,21,22). The first kappa shape index (κ1) is 18.8. The van der Waals surface area contributed by atoms with E-state index in [-0.39, 0.29) is 5.82 Å². The van der Waals surface area contributed by atoms with Crippen molar-refractivity contribution in [3.05, 3.63) is 75.4 Å². The summed E-state index contributed by atoms with van der Waals surface area (Å²) >= 11 is 9.29. The van der Waals surface area contributed by atoms with Crippen molar-refractivity contribution in [1.82, 2.24) is 9.78 Å². The lowest BCUT2D eigenvalue weighted by molar-refractivity contribution is 0.555. The van der Waals surface area contributed by atoms with Crippen molar-refractivity contribution in [2.75, 3.05) is 4.72 Å². The van der Waals surface area contributed by atoms with Gasteiger partial charge in [0.1, 0.15) is 16.5 Å². The summed E-state index contributed by atoms with van der Waals surface area (Å²) in [7, 11) is -4.35. The average Bonchev–Trinajstić information content (AvgIpc) is 2.90. The topological polar surface area (TPSA) is 64.0 Å². The Kier molecular flexibility index (Phi) is 5.31. The van der Waals surface area contributed by atoms with Gasteiger partial charge in [-0.1, -0.05) is 29.8 Å². The van der Waals surface area contributed by atoms with Gasteiger partial charge in [-0.05, 0) is 45.8 Å². The summed E-state index contributed by atoms with van der Waals surface area (Å²) in [5.41, 5.74) is 0.787. The second-order valence-corrected chi connectivity index (χ2v) is 8.21. The van der Waals surface area contributed by atoms with E-state index in [9.17, 15) is 17.2 Å². The second kappa shape index (κ2) is 7.34. The fourth-order valence-corrected chi connectivity index (χ4v) is 4.06. The highest BCUT2D eigenvalue weighted by Gasteiger charge is 2.22. The molecule has 136 valence electrons. The molecule has 0 saturated carbocycles. The molecule has 3 rings (SSSR count). The summed E-state index contributed by atoms with van der Waals surface area (Å²) in [6.07, 6.45) is 1.54. The summed E-state index contributed by atoms with van der Waals surface area (Å²) in [4.78, 5) is -0.801. The van der Waals surface area contributed by atoms with E-state index in [1.807, 2.05) is 12.1 Å². The molecule has 0 spiro atoms. The average molecular weight is 463 g/mol. The van der Waals surface area contributed by atoms with Gasteiger partial charge in [-0.15, -0.1) is 0 Å². The molecule has 0 aliphatic heterocycles. The Morgan fingerprint density at radius 2 is 1.92 bits per heavy atom. The highest BCUT2D eigenvalue weighted by Crippen LogP contribution is 2.26. The molecule has 0 saturated heterocycles. The summed E-state index contributed by atoms with van der Waals surface area (Å²) < 4.78 is 55.7. The molecule has 26 heavy (non-hydrogen) atoms. The number of hydrogen-bond donors (Lipinski definition) is 1. The maximum Gasteiger partial charge on any atom is 0.266 e. The Bertz CT molecular complexity index is 1070. The van der Waals surface area contributed by atoms with Gasteiger partial charge in [0.15, 0.2) is 5.82 Å². The third-order valence-corrected chi connectivity index (χ3v) is 5.72. The van der Waals surface area contributed by atoms with E-state index in [1.165, 1.54) is 4.68 Å². The van der Waals surface area contributed by atoms with Crippen LogP contribution in [0.2, 0.25) is 5.02 Å². The van der Waals surface area contributed by atoms with E-state index in [2.05, 4.69) is 25.8 Å². The van der Waals surface area contributed by atoms with Gasteiger partial charge in [0.25, 0.3) is 10.0 Å². The molecule has 1 N–H and O–H groups in total. The van der Waals surface area contributed by atoms with Gasteiger partial charge in [-0.25, -0.2) is 17.2 Å². The number of nitrogens with one attached hydrogen (secondary N) is 1. The number of halogens is 4. The zero-order chi connectivity index (χ0) is 18.9. The molecule has 2 aromatic carbocycles. The number of nitrogens with zero attached hydrogens (tertiary/aromatic N) is 2. The fourth-order valence-electron chi connectivity index (χ4n) is 2.21. The summed E-state index contributed by atoms with van der Waals surface area (Å²) in [5, 5.41) is 4.66. The zero-order valence-corrected chi connectivity index (χ0v) is 16.1. The van der Waals surface area contributed by atoms with Crippen molar-refractivity contribution in [1.29, 1.82) is 0 Å². The molecule has 10 heteroatoms. The predicted molar refractivity (Wildman–Crippen MR) is 97.6 cm³/mol. The number of rotatable bonds is 5. The number of anilines is 1. The van der Waals surface area contributed by atoms with Crippen LogP contribution in [0.5, 0.6) is 0 Å². The minimum atomic E-state index is -4.35. The van der Waals surface area contributed by atoms with Gasteiger partial charge in [-0.2, -0.15) is 5.10 Å². The Balaban J connectivity index is 1.88. The Hall–Kier alpha value is -1.97. The van der Waals surface area contributed by atoms with Crippen LogP contribution in [-0.2, 0) is 16.6 Å². The van der Waals surface area contributed by atoms with Crippen LogP contribution >= 0.6 is 27.5 Å². The second-order valence-electron chi connectivity index (χ2n) is 5.29. The maximum atomic E-state index is 13.8. The number of benzene rings is 2. The molecule has 0 aliphatic rings. The van der Waals surface area contributed by atoms with Crippen LogP contribution in [0, 0.1) is 11.6 Å². The van der Waals surface area contributed by atoms with Crippen molar-refractivity contribution in [3.63, 3.8) is 0 Å². The SMILES string of the molecule is O=S(=O)(Nc1nn(Cc2ccccc2Cl)cc1Br)c1cc(F)ccc1F. The van der Waals surface area contributed by atoms with E-state index < -0.39 is 26.6 Å². The van der Waals surface area contributed by atoms with Crippen LogP contribution in [0.3, 0.4) is 0 Å². The van der Waals surface area contributed by atoms with Crippen molar-refractivity contribution in [2.45, 2.75) is 11.4 Å². The van der Waals surface area contributed by atoms with E-state index >= 15 is 0 Å². The first-order valence-corrected chi connectivity index (χ1v) is 9.86. The lowest BCUT2D eigenvalue weighted by atomic mass is 10.2. The Morgan fingerprint density at radius 1 is 1.19 bits per heavy atom. The molecule has 0 bridgehead atoms. The highest BCUT2D eigenvalue weighted by atomic mass is 79.9. The smallest absolute Gasteiger partial charge is 0.265 e. The summed E-state index contributed by atoms with van der Waals surface area (Å²) in [5.74, 6) is -1.98. The third kappa shape index (κ3) is 4.05. The summed E-state index contributed by atoms with van der Waals surface area (Å²) in [6, 6.07) is 9.33. The summed E-state index contributed by atoms with van der Waals surface area (Å²) in [6.45, 7) is 0.300. The molecule has 0 unspecified atom stereocenters. The fraction of sp³-hybridized carbons (Fsp3) is 0.0625. The molecular formula is C16H11BrClF2N3O2S. The molecule has 0 atom stereocenters. The lowest BCUT2D eigenvalue weighted by Gasteiger charge is -2.07. The van der Waals surface area contributed by atoms with Gasteiger partial charge < -0.3 is 0 Å². The molecule has 0 amide bonds. The quantitative estimate of drug-likeness (QED) is 0.610. The van der Waals surface area contributed by atoms with Crippen molar-refractivity contribution < 1.29 is 17.2 Å². The predicted octanol–water partition coefficient (Wildman–Crippen LogP) is 4.43. The van der Waals surface area contributed by atoms with Crippen molar-refractivity contribution in [2.24, 2.45) is 0 Å². The number of aromatic nitrogens is 2. The van der Waals surface area contributed by atoms with Crippen LogP contribution in [0.25, 0.3) is 0 Å². The van der Waals surface area contributed by atoms with Gasteiger partial charge in [0.2, 0.25) is 0 Å². The van der Waals surface area contributed by atoms with Crippen molar-refractivity contribution in [3.8, 4) is 0 Å². The first-order chi connectivity index (χ1) is 12.3. The Labute approximate surface area is 161 Å². The normalized spacial score (nSPS) is 11.5. The largest absolute Gasteiger partial charge is 0.266 e. The molecule has 3 aromatic rings. The van der Waals surface area contributed by atoms with Crippen LogP contribution in [0.15, 0.2) is 58.0 Å².